The standard InChI is InChI=1S/C15H16F3N3/c1-10-8-20-14(21-9-10)13(19-2)7-11-3-5-12(6-4-11)15(16,17)18/h3-6,8-9,13,19H,7H2,1-2H3. The van der Waals surface area contributed by atoms with E-state index in [0.29, 0.717) is 12.2 Å². The third-order valence-electron chi connectivity index (χ3n) is 3.18. The van der Waals surface area contributed by atoms with Crippen molar-refractivity contribution in [2.24, 2.45) is 0 Å². The van der Waals surface area contributed by atoms with Crippen LogP contribution in [-0.4, -0.2) is 17.0 Å². The van der Waals surface area contributed by atoms with E-state index in [1.807, 2.05) is 6.92 Å². The molecule has 1 aromatic carbocycles. The summed E-state index contributed by atoms with van der Waals surface area (Å²) in [4.78, 5) is 8.50. The zero-order chi connectivity index (χ0) is 15.5. The third kappa shape index (κ3) is 4.01. The zero-order valence-electron chi connectivity index (χ0n) is 11.8. The highest BCUT2D eigenvalue weighted by atomic mass is 19.4. The van der Waals surface area contributed by atoms with Gasteiger partial charge in [0.15, 0.2) is 0 Å². The summed E-state index contributed by atoms with van der Waals surface area (Å²) in [6.07, 6.45) is -0.336. The lowest BCUT2D eigenvalue weighted by Crippen LogP contribution is -2.21. The summed E-state index contributed by atoms with van der Waals surface area (Å²) >= 11 is 0. The number of benzene rings is 1. The second-order valence-electron chi connectivity index (χ2n) is 4.86. The van der Waals surface area contributed by atoms with Crippen LogP contribution in [0.2, 0.25) is 0 Å². The minimum Gasteiger partial charge on any atom is -0.310 e. The first kappa shape index (κ1) is 15.4. The number of aryl methyl sites for hydroxylation is 1. The Kier molecular flexibility index (Phi) is 4.57. The fourth-order valence-electron chi connectivity index (χ4n) is 1.97. The van der Waals surface area contributed by atoms with Crippen molar-refractivity contribution in [1.29, 1.82) is 0 Å². The molecule has 0 bridgehead atoms. The molecule has 112 valence electrons. The number of halogens is 3. The molecule has 21 heavy (non-hydrogen) atoms. The summed E-state index contributed by atoms with van der Waals surface area (Å²) in [5.74, 6) is 0.628. The molecule has 0 fully saturated rings. The maximum absolute atomic E-state index is 12.5. The molecule has 0 radical (unpaired) electrons. The van der Waals surface area contributed by atoms with E-state index in [1.165, 1.54) is 12.1 Å². The highest BCUT2D eigenvalue weighted by molar-refractivity contribution is 5.25. The van der Waals surface area contributed by atoms with Crippen LogP contribution in [0.3, 0.4) is 0 Å². The highest BCUT2D eigenvalue weighted by Gasteiger charge is 2.30. The van der Waals surface area contributed by atoms with Crippen LogP contribution < -0.4 is 5.32 Å². The number of hydrogen-bond donors (Lipinski definition) is 1. The first-order valence-electron chi connectivity index (χ1n) is 6.52. The Morgan fingerprint density at radius 1 is 1.10 bits per heavy atom. The van der Waals surface area contributed by atoms with Gasteiger partial charge in [-0.15, -0.1) is 0 Å². The van der Waals surface area contributed by atoms with Crippen LogP contribution in [0.4, 0.5) is 13.2 Å². The molecule has 1 N–H and O–H groups in total. The molecule has 2 aromatic rings. The molecule has 0 aliphatic carbocycles. The largest absolute Gasteiger partial charge is 0.416 e. The number of nitrogens with zero attached hydrogens (tertiary/aromatic N) is 2. The highest BCUT2D eigenvalue weighted by Crippen LogP contribution is 2.29. The van der Waals surface area contributed by atoms with Crippen LogP contribution in [0.15, 0.2) is 36.7 Å². The fraction of sp³-hybridized carbons (Fsp3) is 0.333. The summed E-state index contributed by atoms with van der Waals surface area (Å²) < 4.78 is 37.6. The monoisotopic (exact) mass is 295 g/mol. The van der Waals surface area contributed by atoms with E-state index in [1.54, 1.807) is 19.4 Å². The maximum atomic E-state index is 12.5. The molecule has 0 spiro atoms. The van der Waals surface area contributed by atoms with Gasteiger partial charge in [0.1, 0.15) is 5.82 Å². The number of likely N-dealkylation sites (N-methyl/N-ethyl adjacent to an activating group) is 1. The van der Waals surface area contributed by atoms with E-state index in [2.05, 4.69) is 15.3 Å². The molecule has 0 aliphatic rings. The summed E-state index contributed by atoms with van der Waals surface area (Å²) in [5.41, 5.74) is 1.12. The number of alkyl halides is 3. The van der Waals surface area contributed by atoms with Crippen molar-refractivity contribution in [2.75, 3.05) is 7.05 Å². The van der Waals surface area contributed by atoms with Crippen molar-refractivity contribution in [3.63, 3.8) is 0 Å². The van der Waals surface area contributed by atoms with Gasteiger partial charge in [0, 0.05) is 12.4 Å². The van der Waals surface area contributed by atoms with Crippen molar-refractivity contribution < 1.29 is 13.2 Å². The maximum Gasteiger partial charge on any atom is 0.416 e. The normalized spacial score (nSPS) is 13.2. The number of rotatable bonds is 4. The van der Waals surface area contributed by atoms with Crippen molar-refractivity contribution >= 4 is 0 Å². The van der Waals surface area contributed by atoms with Crippen LogP contribution >= 0.6 is 0 Å². The van der Waals surface area contributed by atoms with Gasteiger partial charge < -0.3 is 5.32 Å². The second-order valence-corrected chi connectivity index (χ2v) is 4.86. The van der Waals surface area contributed by atoms with Crippen LogP contribution in [0.25, 0.3) is 0 Å². The molecule has 0 saturated heterocycles. The lowest BCUT2D eigenvalue weighted by molar-refractivity contribution is -0.137. The Labute approximate surface area is 121 Å². The van der Waals surface area contributed by atoms with Gasteiger partial charge in [0.25, 0.3) is 0 Å². The Hall–Kier alpha value is -1.95. The molecule has 0 saturated carbocycles. The van der Waals surface area contributed by atoms with Gasteiger partial charge >= 0.3 is 6.18 Å². The predicted molar refractivity (Wildman–Crippen MR) is 73.7 cm³/mol. The Bertz CT molecular complexity index is 577. The van der Waals surface area contributed by atoms with Crippen LogP contribution in [0.5, 0.6) is 0 Å². The number of hydrogen-bond acceptors (Lipinski definition) is 3. The minimum absolute atomic E-state index is 0.137. The van der Waals surface area contributed by atoms with Crippen LogP contribution in [0.1, 0.15) is 28.6 Å². The van der Waals surface area contributed by atoms with E-state index in [-0.39, 0.29) is 6.04 Å². The van der Waals surface area contributed by atoms with Gasteiger partial charge in [0.05, 0.1) is 11.6 Å². The van der Waals surface area contributed by atoms with E-state index in [4.69, 9.17) is 0 Å². The molecule has 1 atom stereocenters. The fourth-order valence-corrected chi connectivity index (χ4v) is 1.97. The summed E-state index contributed by atoms with van der Waals surface area (Å²) in [7, 11) is 1.78. The lowest BCUT2D eigenvalue weighted by Gasteiger charge is -2.15. The van der Waals surface area contributed by atoms with Crippen molar-refractivity contribution in [3.05, 3.63) is 59.2 Å². The smallest absolute Gasteiger partial charge is 0.310 e. The average molecular weight is 295 g/mol. The molecule has 1 aromatic heterocycles. The molecule has 6 heteroatoms. The number of nitrogens with one attached hydrogen (secondary N) is 1. The zero-order valence-corrected chi connectivity index (χ0v) is 11.8. The molecular weight excluding hydrogens is 279 g/mol. The van der Waals surface area contributed by atoms with Gasteiger partial charge in [-0.25, -0.2) is 9.97 Å². The molecule has 0 aliphatic heterocycles. The van der Waals surface area contributed by atoms with Gasteiger partial charge in [-0.05, 0) is 43.7 Å². The van der Waals surface area contributed by atoms with Gasteiger partial charge in [-0.2, -0.15) is 13.2 Å². The Morgan fingerprint density at radius 3 is 2.14 bits per heavy atom. The number of aromatic nitrogens is 2. The molecule has 1 unspecified atom stereocenters. The van der Waals surface area contributed by atoms with Crippen molar-refractivity contribution in [1.82, 2.24) is 15.3 Å². The van der Waals surface area contributed by atoms with Gasteiger partial charge in [-0.1, -0.05) is 12.1 Å². The Balaban J connectivity index is 2.13. The quantitative estimate of drug-likeness (QED) is 0.940. The van der Waals surface area contributed by atoms with Crippen molar-refractivity contribution in [2.45, 2.75) is 25.6 Å². The lowest BCUT2D eigenvalue weighted by atomic mass is 10.0. The Morgan fingerprint density at radius 2 is 1.67 bits per heavy atom. The molecule has 0 amide bonds. The van der Waals surface area contributed by atoms with E-state index in [0.717, 1.165) is 23.3 Å². The topological polar surface area (TPSA) is 37.8 Å². The molecule has 3 nitrogen and oxygen atoms in total. The average Bonchev–Trinajstić information content (AvgIpc) is 2.45. The van der Waals surface area contributed by atoms with E-state index < -0.39 is 11.7 Å². The molecule has 1 heterocycles. The first-order valence-corrected chi connectivity index (χ1v) is 6.52. The minimum atomic E-state index is -4.30. The SMILES string of the molecule is CNC(Cc1ccc(C(F)(F)F)cc1)c1ncc(C)cn1. The molecular formula is C15H16F3N3. The van der Waals surface area contributed by atoms with Crippen molar-refractivity contribution in [3.8, 4) is 0 Å². The summed E-state index contributed by atoms with van der Waals surface area (Å²) in [6.45, 7) is 1.90. The van der Waals surface area contributed by atoms with Crippen LogP contribution in [-0.2, 0) is 12.6 Å². The van der Waals surface area contributed by atoms with E-state index >= 15 is 0 Å². The predicted octanol–water partition coefficient (Wildman–Crippen LogP) is 3.31. The summed E-state index contributed by atoms with van der Waals surface area (Å²) in [5, 5.41) is 3.08. The van der Waals surface area contributed by atoms with Gasteiger partial charge in [0.2, 0.25) is 0 Å². The second kappa shape index (κ2) is 6.22. The van der Waals surface area contributed by atoms with Crippen LogP contribution in [0, 0.1) is 6.92 Å². The molecule has 2 rings (SSSR count). The van der Waals surface area contributed by atoms with Gasteiger partial charge in [-0.3, -0.25) is 0 Å². The first-order chi connectivity index (χ1) is 9.90. The summed E-state index contributed by atoms with van der Waals surface area (Å²) in [6, 6.07) is 5.03. The van der Waals surface area contributed by atoms with E-state index in [9.17, 15) is 13.2 Å². The third-order valence-corrected chi connectivity index (χ3v) is 3.18.